The van der Waals surface area contributed by atoms with Crippen molar-refractivity contribution in [3.05, 3.63) is 47.4 Å². The van der Waals surface area contributed by atoms with Gasteiger partial charge >= 0.3 is 0 Å². The molecular formula is C16H20FN3O. The summed E-state index contributed by atoms with van der Waals surface area (Å²) in [6.07, 6.45) is 3.76. The Hall–Kier alpha value is -1.75. The molecule has 1 fully saturated rings. The van der Waals surface area contributed by atoms with Crippen LogP contribution < -0.4 is 5.32 Å². The molecule has 112 valence electrons. The summed E-state index contributed by atoms with van der Waals surface area (Å²) in [5.74, 6) is 1.18. The third-order valence-corrected chi connectivity index (χ3v) is 4.17. The van der Waals surface area contributed by atoms with Crippen LogP contribution in [0.3, 0.4) is 0 Å². The van der Waals surface area contributed by atoms with Gasteiger partial charge < -0.3 is 9.84 Å². The van der Waals surface area contributed by atoms with Crippen molar-refractivity contribution < 1.29 is 8.91 Å². The average molecular weight is 289 g/mol. The lowest BCUT2D eigenvalue weighted by molar-refractivity contribution is 0.276. The van der Waals surface area contributed by atoms with Crippen molar-refractivity contribution in [2.24, 2.45) is 0 Å². The number of hydrogen-bond donors (Lipinski definition) is 1. The van der Waals surface area contributed by atoms with Gasteiger partial charge in [0.05, 0.1) is 5.41 Å². The first-order valence-corrected chi connectivity index (χ1v) is 7.50. The van der Waals surface area contributed by atoms with Gasteiger partial charge in [0, 0.05) is 13.0 Å². The number of halogens is 1. The third kappa shape index (κ3) is 2.97. The van der Waals surface area contributed by atoms with Crippen molar-refractivity contribution in [2.45, 2.75) is 38.0 Å². The van der Waals surface area contributed by atoms with Crippen LogP contribution >= 0.6 is 0 Å². The molecule has 2 heterocycles. The first-order valence-electron chi connectivity index (χ1n) is 7.50. The zero-order chi connectivity index (χ0) is 14.7. The molecule has 0 aliphatic carbocycles. The lowest BCUT2D eigenvalue weighted by Crippen LogP contribution is -2.29. The smallest absolute Gasteiger partial charge is 0.234 e. The van der Waals surface area contributed by atoms with E-state index in [1.54, 1.807) is 12.1 Å². The lowest BCUT2D eigenvalue weighted by atomic mass is 9.82. The van der Waals surface area contributed by atoms with Crippen molar-refractivity contribution in [1.82, 2.24) is 15.5 Å². The van der Waals surface area contributed by atoms with E-state index in [4.69, 9.17) is 4.52 Å². The van der Waals surface area contributed by atoms with E-state index >= 15 is 0 Å². The molecule has 1 N–H and O–H groups in total. The third-order valence-electron chi connectivity index (χ3n) is 4.17. The van der Waals surface area contributed by atoms with Gasteiger partial charge in [0.1, 0.15) is 5.82 Å². The zero-order valence-electron chi connectivity index (χ0n) is 12.2. The van der Waals surface area contributed by atoms with Gasteiger partial charge in [0.25, 0.3) is 0 Å². The van der Waals surface area contributed by atoms with Crippen LogP contribution in [0.15, 0.2) is 28.8 Å². The predicted molar refractivity (Wildman–Crippen MR) is 77.6 cm³/mol. The predicted octanol–water partition coefficient (Wildman–Crippen LogP) is 2.83. The highest BCUT2D eigenvalue weighted by Gasteiger charge is 2.39. The molecular weight excluding hydrogens is 269 g/mol. The van der Waals surface area contributed by atoms with Gasteiger partial charge in [-0.2, -0.15) is 4.98 Å². The summed E-state index contributed by atoms with van der Waals surface area (Å²) < 4.78 is 18.4. The molecule has 4 nitrogen and oxygen atoms in total. The largest absolute Gasteiger partial charge is 0.339 e. The zero-order valence-corrected chi connectivity index (χ0v) is 12.2. The molecule has 1 aliphatic rings. The molecule has 1 atom stereocenters. The molecule has 1 unspecified atom stereocenters. The summed E-state index contributed by atoms with van der Waals surface area (Å²) in [4.78, 5) is 4.59. The number of rotatable bonds is 5. The van der Waals surface area contributed by atoms with E-state index in [1.165, 1.54) is 12.1 Å². The maximum Gasteiger partial charge on any atom is 0.234 e. The van der Waals surface area contributed by atoms with Gasteiger partial charge in [-0.15, -0.1) is 0 Å². The SMILES string of the molecule is CCCC1(c2nc(Cc3ccc(F)cc3)no2)CCNC1. The standard InChI is InChI=1S/C16H20FN3O/c1-2-7-16(8-9-18-11-16)15-19-14(20-21-15)10-12-3-5-13(17)6-4-12/h3-6,18H,2,7-11H2,1H3. The second-order valence-electron chi connectivity index (χ2n) is 5.78. The van der Waals surface area contributed by atoms with Gasteiger partial charge in [-0.05, 0) is 37.1 Å². The van der Waals surface area contributed by atoms with E-state index in [0.29, 0.717) is 12.2 Å². The van der Waals surface area contributed by atoms with Crippen molar-refractivity contribution in [3.63, 3.8) is 0 Å². The number of nitrogens with one attached hydrogen (secondary N) is 1. The van der Waals surface area contributed by atoms with Crippen LogP contribution in [0.4, 0.5) is 4.39 Å². The fourth-order valence-corrected chi connectivity index (χ4v) is 3.05. The maximum absolute atomic E-state index is 12.9. The fraction of sp³-hybridized carbons (Fsp3) is 0.500. The van der Waals surface area contributed by atoms with Crippen molar-refractivity contribution in [2.75, 3.05) is 13.1 Å². The molecule has 0 saturated carbocycles. The van der Waals surface area contributed by atoms with Gasteiger partial charge in [0.2, 0.25) is 5.89 Å². The van der Waals surface area contributed by atoms with E-state index in [1.807, 2.05) is 0 Å². The minimum Gasteiger partial charge on any atom is -0.339 e. The van der Waals surface area contributed by atoms with E-state index in [9.17, 15) is 4.39 Å². The molecule has 1 aromatic carbocycles. The molecule has 0 amide bonds. The maximum atomic E-state index is 12.9. The highest BCUT2D eigenvalue weighted by atomic mass is 19.1. The summed E-state index contributed by atoms with van der Waals surface area (Å²) in [5.41, 5.74) is 0.973. The number of benzene rings is 1. The summed E-state index contributed by atoms with van der Waals surface area (Å²) in [6.45, 7) is 4.07. The number of hydrogen-bond acceptors (Lipinski definition) is 4. The van der Waals surface area contributed by atoms with Crippen LogP contribution in [-0.2, 0) is 11.8 Å². The number of aromatic nitrogens is 2. The Morgan fingerprint density at radius 3 is 2.81 bits per heavy atom. The molecule has 5 heteroatoms. The first-order chi connectivity index (χ1) is 10.2. The topological polar surface area (TPSA) is 51.0 Å². The Labute approximate surface area is 123 Å². The monoisotopic (exact) mass is 289 g/mol. The highest BCUT2D eigenvalue weighted by Crippen LogP contribution is 2.34. The van der Waals surface area contributed by atoms with E-state index in [0.717, 1.165) is 43.8 Å². The molecule has 0 spiro atoms. The molecule has 21 heavy (non-hydrogen) atoms. The van der Waals surface area contributed by atoms with E-state index in [-0.39, 0.29) is 11.2 Å². The molecule has 1 aromatic heterocycles. The molecule has 1 aliphatic heterocycles. The Kier molecular flexibility index (Phi) is 4.01. The summed E-state index contributed by atoms with van der Waals surface area (Å²) >= 11 is 0. The van der Waals surface area contributed by atoms with Crippen LogP contribution in [-0.4, -0.2) is 23.2 Å². The Balaban J connectivity index is 1.77. The van der Waals surface area contributed by atoms with Crippen LogP contribution in [0.2, 0.25) is 0 Å². The second-order valence-corrected chi connectivity index (χ2v) is 5.78. The van der Waals surface area contributed by atoms with Crippen LogP contribution in [0.5, 0.6) is 0 Å². The first kappa shape index (κ1) is 14.2. The quantitative estimate of drug-likeness (QED) is 0.919. The summed E-state index contributed by atoms with van der Waals surface area (Å²) in [7, 11) is 0. The molecule has 3 rings (SSSR count). The van der Waals surface area contributed by atoms with Crippen molar-refractivity contribution in [3.8, 4) is 0 Å². The Morgan fingerprint density at radius 2 is 2.14 bits per heavy atom. The second kappa shape index (κ2) is 5.93. The van der Waals surface area contributed by atoms with Gasteiger partial charge in [0.15, 0.2) is 5.82 Å². The normalized spacial score (nSPS) is 21.8. The fourth-order valence-electron chi connectivity index (χ4n) is 3.05. The van der Waals surface area contributed by atoms with Crippen LogP contribution in [0.25, 0.3) is 0 Å². The molecule has 1 saturated heterocycles. The van der Waals surface area contributed by atoms with Crippen molar-refractivity contribution in [1.29, 1.82) is 0 Å². The Morgan fingerprint density at radius 1 is 1.33 bits per heavy atom. The van der Waals surface area contributed by atoms with Gasteiger partial charge in [-0.1, -0.05) is 30.6 Å². The number of nitrogens with zero attached hydrogens (tertiary/aromatic N) is 2. The van der Waals surface area contributed by atoms with Gasteiger partial charge in [-0.3, -0.25) is 0 Å². The lowest BCUT2D eigenvalue weighted by Gasteiger charge is -2.22. The van der Waals surface area contributed by atoms with Crippen molar-refractivity contribution >= 4 is 0 Å². The highest BCUT2D eigenvalue weighted by molar-refractivity contribution is 5.20. The Bertz CT molecular complexity index is 588. The minimum atomic E-state index is -0.230. The molecule has 0 bridgehead atoms. The average Bonchev–Trinajstić information content (AvgIpc) is 3.12. The molecule has 0 radical (unpaired) electrons. The molecule has 2 aromatic rings. The summed E-state index contributed by atoms with van der Waals surface area (Å²) in [6, 6.07) is 6.42. The van der Waals surface area contributed by atoms with E-state index < -0.39 is 0 Å². The van der Waals surface area contributed by atoms with Crippen LogP contribution in [0, 0.1) is 5.82 Å². The van der Waals surface area contributed by atoms with Gasteiger partial charge in [-0.25, -0.2) is 4.39 Å². The summed E-state index contributed by atoms with van der Waals surface area (Å²) in [5, 5.41) is 7.49. The van der Waals surface area contributed by atoms with Crippen LogP contribution in [0.1, 0.15) is 43.5 Å². The van der Waals surface area contributed by atoms with E-state index in [2.05, 4.69) is 22.4 Å². The minimum absolute atomic E-state index is 0.0111.